The molecule has 25 heavy (non-hydrogen) atoms. The highest BCUT2D eigenvalue weighted by Crippen LogP contribution is 2.20. The number of carbonyl (C=O) groups excluding carboxylic acids is 1. The number of benzene rings is 1. The second-order valence-electron chi connectivity index (χ2n) is 6.27. The molecule has 2 aromatic rings. The third-order valence-corrected chi connectivity index (χ3v) is 4.48. The van der Waals surface area contributed by atoms with Crippen molar-refractivity contribution in [3.8, 4) is 5.75 Å². The van der Waals surface area contributed by atoms with Crippen LogP contribution in [0.2, 0.25) is 0 Å². The fourth-order valence-electron chi connectivity index (χ4n) is 3.08. The van der Waals surface area contributed by atoms with E-state index < -0.39 is 0 Å². The third-order valence-electron chi connectivity index (χ3n) is 4.48. The van der Waals surface area contributed by atoms with E-state index in [1.165, 1.54) is 19.3 Å². The molecule has 1 aromatic carbocycles. The molecule has 1 heterocycles. The van der Waals surface area contributed by atoms with Crippen LogP contribution in [0, 0.1) is 0 Å². The van der Waals surface area contributed by atoms with Gasteiger partial charge in [-0.2, -0.15) is 0 Å². The zero-order chi connectivity index (χ0) is 17.5. The lowest BCUT2D eigenvalue weighted by Crippen LogP contribution is -2.25. The highest BCUT2D eigenvalue weighted by Gasteiger charge is 2.14. The SMILES string of the molecule is COc1ccccc1CNC(=O)c1cnc(NC2CCCCC2)nc1. The molecule has 0 radical (unpaired) electrons. The normalized spacial score (nSPS) is 14.8. The van der Waals surface area contributed by atoms with E-state index >= 15 is 0 Å². The van der Waals surface area contributed by atoms with Crippen molar-refractivity contribution in [2.24, 2.45) is 0 Å². The molecule has 6 heteroatoms. The molecule has 3 rings (SSSR count). The Kier molecular flexibility index (Phi) is 5.82. The fourth-order valence-corrected chi connectivity index (χ4v) is 3.08. The predicted octanol–water partition coefficient (Wildman–Crippen LogP) is 3.16. The highest BCUT2D eigenvalue weighted by atomic mass is 16.5. The lowest BCUT2D eigenvalue weighted by Gasteiger charge is -2.22. The summed E-state index contributed by atoms with van der Waals surface area (Å²) in [5.74, 6) is 1.15. The summed E-state index contributed by atoms with van der Waals surface area (Å²) in [4.78, 5) is 20.8. The Morgan fingerprint density at radius 3 is 2.60 bits per heavy atom. The van der Waals surface area contributed by atoms with Crippen LogP contribution < -0.4 is 15.4 Å². The van der Waals surface area contributed by atoms with Crippen molar-refractivity contribution >= 4 is 11.9 Å². The van der Waals surface area contributed by atoms with E-state index in [9.17, 15) is 4.79 Å². The maximum absolute atomic E-state index is 12.3. The third kappa shape index (κ3) is 4.68. The van der Waals surface area contributed by atoms with Gasteiger partial charge in [0.2, 0.25) is 5.95 Å². The van der Waals surface area contributed by atoms with Crippen LogP contribution in [0.15, 0.2) is 36.7 Å². The number of aromatic nitrogens is 2. The molecule has 2 N–H and O–H groups in total. The van der Waals surface area contributed by atoms with Crippen molar-refractivity contribution in [3.63, 3.8) is 0 Å². The summed E-state index contributed by atoms with van der Waals surface area (Å²) in [6.07, 6.45) is 9.26. The van der Waals surface area contributed by atoms with Gasteiger partial charge in [-0.05, 0) is 18.9 Å². The van der Waals surface area contributed by atoms with Crippen LogP contribution in [0.25, 0.3) is 0 Å². The second-order valence-corrected chi connectivity index (χ2v) is 6.27. The number of para-hydroxylation sites is 1. The Hall–Kier alpha value is -2.63. The number of anilines is 1. The number of nitrogens with one attached hydrogen (secondary N) is 2. The van der Waals surface area contributed by atoms with Gasteiger partial charge in [0, 0.05) is 30.5 Å². The van der Waals surface area contributed by atoms with Crippen molar-refractivity contribution in [3.05, 3.63) is 47.8 Å². The molecule has 0 aliphatic heterocycles. The first-order valence-electron chi connectivity index (χ1n) is 8.75. The monoisotopic (exact) mass is 340 g/mol. The van der Waals surface area contributed by atoms with Gasteiger partial charge in [0.15, 0.2) is 0 Å². The summed E-state index contributed by atoms with van der Waals surface area (Å²) in [7, 11) is 1.62. The Labute approximate surface area is 148 Å². The van der Waals surface area contributed by atoms with Gasteiger partial charge in [0.25, 0.3) is 5.91 Å². The van der Waals surface area contributed by atoms with Gasteiger partial charge in [-0.15, -0.1) is 0 Å². The molecule has 0 unspecified atom stereocenters. The largest absolute Gasteiger partial charge is 0.496 e. The molecule has 0 saturated heterocycles. The summed E-state index contributed by atoms with van der Waals surface area (Å²) in [6, 6.07) is 8.05. The minimum absolute atomic E-state index is 0.199. The van der Waals surface area contributed by atoms with Gasteiger partial charge in [0.05, 0.1) is 12.7 Å². The van der Waals surface area contributed by atoms with Gasteiger partial charge in [-0.25, -0.2) is 9.97 Å². The maximum atomic E-state index is 12.3. The molecule has 0 atom stereocenters. The van der Waals surface area contributed by atoms with Gasteiger partial charge in [-0.1, -0.05) is 37.5 Å². The van der Waals surface area contributed by atoms with Crippen molar-refractivity contribution < 1.29 is 9.53 Å². The Balaban J connectivity index is 1.55. The average Bonchev–Trinajstić information content (AvgIpc) is 2.67. The summed E-state index contributed by atoms with van der Waals surface area (Å²) in [5.41, 5.74) is 1.37. The first-order valence-corrected chi connectivity index (χ1v) is 8.75. The average molecular weight is 340 g/mol. The number of ether oxygens (including phenoxy) is 1. The minimum atomic E-state index is -0.199. The standard InChI is InChI=1S/C19H24N4O2/c1-25-17-10-6-5-7-14(17)11-20-18(24)15-12-21-19(22-13-15)23-16-8-3-2-4-9-16/h5-7,10,12-13,16H,2-4,8-9,11H2,1H3,(H,20,24)(H,21,22,23). The zero-order valence-corrected chi connectivity index (χ0v) is 14.5. The van der Waals surface area contributed by atoms with Crippen molar-refractivity contribution in [1.29, 1.82) is 0 Å². The molecular formula is C19H24N4O2. The molecule has 1 saturated carbocycles. The van der Waals surface area contributed by atoms with Crippen LogP contribution >= 0.6 is 0 Å². The van der Waals surface area contributed by atoms with Crippen LogP contribution in [0.3, 0.4) is 0 Å². The van der Waals surface area contributed by atoms with Crippen LogP contribution in [0.4, 0.5) is 5.95 Å². The Morgan fingerprint density at radius 2 is 1.88 bits per heavy atom. The number of hydrogen-bond donors (Lipinski definition) is 2. The van der Waals surface area contributed by atoms with E-state index in [2.05, 4.69) is 20.6 Å². The van der Waals surface area contributed by atoms with Crippen molar-refractivity contribution in [2.75, 3.05) is 12.4 Å². The smallest absolute Gasteiger partial charge is 0.254 e. The van der Waals surface area contributed by atoms with E-state index in [4.69, 9.17) is 4.74 Å². The van der Waals surface area contributed by atoms with E-state index in [1.807, 2.05) is 24.3 Å². The van der Waals surface area contributed by atoms with E-state index in [0.29, 0.717) is 24.1 Å². The van der Waals surface area contributed by atoms with Crippen molar-refractivity contribution in [1.82, 2.24) is 15.3 Å². The number of nitrogens with zero attached hydrogens (tertiary/aromatic N) is 2. The highest BCUT2D eigenvalue weighted by molar-refractivity contribution is 5.93. The van der Waals surface area contributed by atoms with Gasteiger partial charge >= 0.3 is 0 Å². The summed E-state index contributed by atoms with van der Waals surface area (Å²) in [5, 5.41) is 6.22. The topological polar surface area (TPSA) is 76.1 Å². The number of carbonyl (C=O) groups is 1. The molecule has 1 aromatic heterocycles. The summed E-state index contributed by atoms with van der Waals surface area (Å²) < 4.78 is 5.29. The number of methoxy groups -OCH3 is 1. The van der Waals surface area contributed by atoms with Crippen molar-refractivity contribution in [2.45, 2.75) is 44.7 Å². The molecule has 0 spiro atoms. The number of rotatable bonds is 6. The number of amides is 1. The maximum Gasteiger partial charge on any atom is 0.254 e. The van der Waals surface area contributed by atoms with Crippen LogP contribution in [-0.4, -0.2) is 29.0 Å². The number of hydrogen-bond acceptors (Lipinski definition) is 5. The molecule has 1 amide bonds. The van der Waals surface area contributed by atoms with E-state index in [-0.39, 0.29) is 5.91 Å². The first-order chi connectivity index (χ1) is 12.3. The van der Waals surface area contributed by atoms with Gasteiger partial charge in [0.1, 0.15) is 5.75 Å². The molecular weight excluding hydrogens is 316 g/mol. The van der Waals surface area contributed by atoms with Gasteiger partial charge in [-0.3, -0.25) is 4.79 Å². The van der Waals surface area contributed by atoms with Crippen LogP contribution in [-0.2, 0) is 6.54 Å². The first kappa shape index (κ1) is 17.2. The van der Waals surface area contributed by atoms with E-state index in [0.717, 1.165) is 24.2 Å². The fraction of sp³-hybridized carbons (Fsp3) is 0.421. The molecule has 1 aliphatic carbocycles. The van der Waals surface area contributed by atoms with Gasteiger partial charge < -0.3 is 15.4 Å². The minimum Gasteiger partial charge on any atom is -0.496 e. The quantitative estimate of drug-likeness (QED) is 0.845. The summed E-state index contributed by atoms with van der Waals surface area (Å²) >= 11 is 0. The second kappa shape index (κ2) is 8.46. The summed E-state index contributed by atoms with van der Waals surface area (Å²) in [6.45, 7) is 0.394. The van der Waals surface area contributed by atoms with E-state index in [1.54, 1.807) is 19.5 Å². The molecule has 1 aliphatic rings. The van der Waals surface area contributed by atoms with Crippen LogP contribution in [0.1, 0.15) is 48.0 Å². The zero-order valence-electron chi connectivity index (χ0n) is 14.5. The van der Waals surface area contributed by atoms with Crippen LogP contribution in [0.5, 0.6) is 5.75 Å². The predicted molar refractivity (Wildman–Crippen MR) is 96.7 cm³/mol. The Bertz CT molecular complexity index is 697. The molecule has 6 nitrogen and oxygen atoms in total. The Morgan fingerprint density at radius 1 is 1.16 bits per heavy atom. The lowest BCUT2D eigenvalue weighted by molar-refractivity contribution is 0.0950. The molecule has 132 valence electrons. The molecule has 0 bridgehead atoms. The lowest BCUT2D eigenvalue weighted by atomic mass is 9.96. The molecule has 1 fully saturated rings.